The number of aromatic amines is 1. The maximum atomic E-state index is 4.40. The van der Waals surface area contributed by atoms with Crippen LogP contribution in [-0.2, 0) is 0 Å². The van der Waals surface area contributed by atoms with Gasteiger partial charge >= 0.3 is 0 Å². The van der Waals surface area contributed by atoms with Crippen molar-refractivity contribution in [1.82, 2.24) is 25.0 Å². The van der Waals surface area contributed by atoms with Gasteiger partial charge < -0.3 is 10.3 Å². The Hall–Kier alpha value is -2.37. The highest BCUT2D eigenvalue weighted by Crippen LogP contribution is 2.25. The fourth-order valence-electron chi connectivity index (χ4n) is 1.86. The highest BCUT2D eigenvalue weighted by molar-refractivity contribution is 5.95. The Morgan fingerprint density at radius 1 is 1.41 bits per heavy atom. The van der Waals surface area contributed by atoms with Crippen LogP contribution >= 0.6 is 0 Å². The molecule has 3 rings (SSSR count). The second kappa shape index (κ2) is 3.58. The molecular weight excluding hydrogens is 216 g/mol. The minimum absolute atomic E-state index is 0.754. The van der Waals surface area contributed by atoms with E-state index >= 15 is 0 Å². The lowest BCUT2D eigenvalue weighted by Crippen LogP contribution is -2.01. The van der Waals surface area contributed by atoms with Crippen LogP contribution in [0.15, 0.2) is 24.7 Å². The largest absolute Gasteiger partial charge is 0.386 e. The third kappa shape index (κ3) is 1.45. The average Bonchev–Trinajstić information content (AvgIpc) is 2.96. The highest BCUT2D eigenvalue weighted by Gasteiger charge is 2.10. The summed E-state index contributed by atoms with van der Waals surface area (Å²) in [6.45, 7) is 1.90. The Morgan fingerprint density at radius 2 is 2.29 bits per heavy atom. The Balaban J connectivity index is 2.27. The van der Waals surface area contributed by atoms with Gasteiger partial charge in [0.2, 0.25) is 0 Å². The summed E-state index contributed by atoms with van der Waals surface area (Å²) >= 11 is 0. The lowest BCUT2D eigenvalue weighted by Gasteiger charge is -2.05. The van der Waals surface area contributed by atoms with Crippen LogP contribution in [-0.4, -0.2) is 32.0 Å². The molecule has 0 saturated heterocycles. The summed E-state index contributed by atoms with van der Waals surface area (Å²) in [5.74, 6) is 0.754. The summed E-state index contributed by atoms with van der Waals surface area (Å²) in [5, 5.41) is 12.2. The lowest BCUT2D eigenvalue weighted by molar-refractivity contribution is 0.784. The first-order valence-corrected chi connectivity index (χ1v) is 5.33. The topological polar surface area (TPSA) is 71.4 Å². The molecule has 0 saturated carbocycles. The highest BCUT2D eigenvalue weighted by atomic mass is 15.4. The first-order chi connectivity index (χ1) is 8.29. The standard InChI is InChI=1S/C11H12N6/c1-7-6-17(16-15-7)11-10-8(3-4-13-10)9(12-2)5-14-11/h3-6,12-13H,1-2H3. The SMILES string of the molecule is CNc1cnc(-n2cc(C)nn2)c2[nH]ccc12. The molecule has 0 aromatic carbocycles. The fraction of sp³-hybridized carbons (Fsp3) is 0.182. The molecule has 6 nitrogen and oxygen atoms in total. The van der Waals surface area contributed by atoms with Gasteiger partial charge in [0.15, 0.2) is 5.82 Å². The number of anilines is 1. The predicted molar refractivity (Wildman–Crippen MR) is 65.3 cm³/mol. The number of aryl methyl sites for hydroxylation is 1. The number of aromatic nitrogens is 5. The molecule has 0 fully saturated rings. The zero-order valence-corrected chi connectivity index (χ0v) is 9.60. The van der Waals surface area contributed by atoms with Gasteiger partial charge in [-0.1, -0.05) is 5.21 Å². The number of hydrogen-bond acceptors (Lipinski definition) is 4. The van der Waals surface area contributed by atoms with Gasteiger partial charge in [-0.3, -0.25) is 0 Å². The minimum Gasteiger partial charge on any atom is -0.386 e. The summed E-state index contributed by atoms with van der Waals surface area (Å²) in [6.07, 6.45) is 5.53. The van der Waals surface area contributed by atoms with E-state index in [1.54, 1.807) is 10.9 Å². The smallest absolute Gasteiger partial charge is 0.179 e. The van der Waals surface area contributed by atoms with Crippen LogP contribution in [0.4, 0.5) is 5.69 Å². The van der Waals surface area contributed by atoms with E-state index < -0.39 is 0 Å². The number of rotatable bonds is 2. The van der Waals surface area contributed by atoms with Gasteiger partial charge in [0.05, 0.1) is 29.3 Å². The van der Waals surface area contributed by atoms with E-state index in [4.69, 9.17) is 0 Å². The summed E-state index contributed by atoms with van der Waals surface area (Å²) in [5.41, 5.74) is 2.80. The van der Waals surface area contributed by atoms with E-state index in [9.17, 15) is 0 Å². The number of nitrogens with one attached hydrogen (secondary N) is 2. The number of hydrogen-bond donors (Lipinski definition) is 2. The Bertz CT molecular complexity index is 665. The van der Waals surface area contributed by atoms with Crippen molar-refractivity contribution in [3.05, 3.63) is 30.4 Å². The normalized spacial score (nSPS) is 10.9. The lowest BCUT2D eigenvalue weighted by atomic mass is 10.2. The molecule has 0 atom stereocenters. The van der Waals surface area contributed by atoms with E-state index in [1.807, 2.05) is 32.4 Å². The van der Waals surface area contributed by atoms with Crippen LogP contribution in [0.2, 0.25) is 0 Å². The van der Waals surface area contributed by atoms with Crippen molar-refractivity contribution < 1.29 is 0 Å². The molecular formula is C11H12N6. The zero-order chi connectivity index (χ0) is 11.8. The second-order valence-corrected chi connectivity index (χ2v) is 3.82. The van der Waals surface area contributed by atoms with Gasteiger partial charge in [-0.25, -0.2) is 4.98 Å². The summed E-state index contributed by atoms with van der Waals surface area (Å²) in [4.78, 5) is 7.58. The maximum absolute atomic E-state index is 4.40. The molecule has 0 aliphatic rings. The molecule has 0 radical (unpaired) electrons. The molecule has 2 N–H and O–H groups in total. The van der Waals surface area contributed by atoms with Gasteiger partial charge in [0, 0.05) is 18.6 Å². The van der Waals surface area contributed by atoms with Crippen LogP contribution in [0.25, 0.3) is 16.7 Å². The molecule has 17 heavy (non-hydrogen) atoms. The first kappa shape index (κ1) is 9.83. The molecule has 3 aromatic heterocycles. The Labute approximate surface area is 97.7 Å². The van der Waals surface area contributed by atoms with Crippen LogP contribution < -0.4 is 5.32 Å². The average molecular weight is 228 g/mol. The van der Waals surface area contributed by atoms with Crippen LogP contribution in [0.1, 0.15) is 5.69 Å². The van der Waals surface area contributed by atoms with Crippen molar-refractivity contribution in [3.8, 4) is 5.82 Å². The van der Waals surface area contributed by atoms with Crippen molar-refractivity contribution in [3.63, 3.8) is 0 Å². The quantitative estimate of drug-likeness (QED) is 0.697. The molecule has 3 heterocycles. The number of H-pyrrole nitrogens is 1. The van der Waals surface area contributed by atoms with Crippen molar-refractivity contribution in [2.75, 3.05) is 12.4 Å². The molecule has 0 aliphatic carbocycles. The molecule has 6 heteroatoms. The van der Waals surface area contributed by atoms with Gasteiger partial charge in [-0.2, -0.15) is 4.68 Å². The van der Waals surface area contributed by atoms with Crippen LogP contribution in [0.3, 0.4) is 0 Å². The van der Waals surface area contributed by atoms with Crippen molar-refractivity contribution in [1.29, 1.82) is 0 Å². The second-order valence-electron chi connectivity index (χ2n) is 3.82. The number of nitrogens with zero attached hydrogens (tertiary/aromatic N) is 4. The van der Waals surface area contributed by atoms with E-state index in [0.29, 0.717) is 0 Å². The number of fused-ring (bicyclic) bond motifs is 1. The summed E-state index contributed by atoms with van der Waals surface area (Å²) < 4.78 is 1.67. The third-order valence-corrected chi connectivity index (χ3v) is 2.67. The van der Waals surface area contributed by atoms with Gasteiger partial charge in [0.1, 0.15) is 0 Å². The molecule has 3 aromatic rings. The van der Waals surface area contributed by atoms with Crippen molar-refractivity contribution in [2.45, 2.75) is 6.92 Å². The molecule has 0 bridgehead atoms. The molecule has 0 aliphatic heterocycles. The zero-order valence-electron chi connectivity index (χ0n) is 9.60. The monoisotopic (exact) mass is 228 g/mol. The van der Waals surface area contributed by atoms with E-state index in [2.05, 4.69) is 25.6 Å². The number of pyridine rings is 1. The molecule has 0 amide bonds. The van der Waals surface area contributed by atoms with Gasteiger partial charge in [0.25, 0.3) is 0 Å². The summed E-state index contributed by atoms with van der Waals surface area (Å²) in [6, 6.07) is 2.01. The molecule has 86 valence electrons. The van der Waals surface area contributed by atoms with Crippen LogP contribution in [0, 0.1) is 6.92 Å². The Kier molecular flexibility index (Phi) is 2.07. The first-order valence-electron chi connectivity index (χ1n) is 5.33. The predicted octanol–water partition coefficient (Wildman–Crippen LogP) is 1.49. The van der Waals surface area contributed by atoms with Crippen molar-refractivity contribution in [2.24, 2.45) is 0 Å². The third-order valence-electron chi connectivity index (χ3n) is 2.67. The van der Waals surface area contributed by atoms with E-state index in [1.165, 1.54) is 0 Å². The van der Waals surface area contributed by atoms with Gasteiger partial charge in [-0.05, 0) is 13.0 Å². The fourth-order valence-corrected chi connectivity index (χ4v) is 1.86. The Morgan fingerprint density at radius 3 is 3.00 bits per heavy atom. The van der Waals surface area contributed by atoms with E-state index in [-0.39, 0.29) is 0 Å². The van der Waals surface area contributed by atoms with Crippen molar-refractivity contribution >= 4 is 16.6 Å². The van der Waals surface area contributed by atoms with Gasteiger partial charge in [-0.15, -0.1) is 5.10 Å². The molecule has 0 spiro atoms. The minimum atomic E-state index is 0.754. The maximum Gasteiger partial charge on any atom is 0.179 e. The summed E-state index contributed by atoms with van der Waals surface area (Å²) in [7, 11) is 1.88. The van der Waals surface area contributed by atoms with Crippen LogP contribution in [0.5, 0.6) is 0 Å². The molecule has 0 unspecified atom stereocenters. The van der Waals surface area contributed by atoms with E-state index in [0.717, 1.165) is 28.1 Å².